The number of rotatable bonds is 5. The Morgan fingerprint density at radius 3 is 2.64 bits per heavy atom. The van der Waals surface area contributed by atoms with Gasteiger partial charge in [-0.25, -0.2) is 0 Å². The lowest BCUT2D eigenvalue weighted by atomic mass is 9.79. The minimum atomic E-state index is -0.466. The van der Waals surface area contributed by atoms with Crippen LogP contribution in [-0.4, -0.2) is 47.7 Å². The van der Waals surface area contributed by atoms with Gasteiger partial charge in [-0.1, -0.05) is 31.5 Å². The van der Waals surface area contributed by atoms with E-state index in [4.69, 9.17) is 11.6 Å². The van der Waals surface area contributed by atoms with Crippen LogP contribution in [0.4, 0.5) is 5.69 Å². The average Bonchev–Trinajstić information content (AvgIpc) is 2.50. The van der Waals surface area contributed by atoms with Crippen molar-refractivity contribution in [3.8, 4) is 0 Å². The van der Waals surface area contributed by atoms with Gasteiger partial charge in [0.25, 0.3) is 5.69 Å². The number of nitro groups is 1. The van der Waals surface area contributed by atoms with Gasteiger partial charge in [0.15, 0.2) is 0 Å². The smallest absolute Gasteiger partial charge is 0.288 e. The Morgan fingerprint density at radius 1 is 1.45 bits per heavy atom. The summed E-state index contributed by atoms with van der Waals surface area (Å²) in [6, 6.07) is 4.82. The zero-order chi connectivity index (χ0) is 16.3. The zero-order valence-corrected chi connectivity index (χ0v) is 13.6. The predicted molar refractivity (Wildman–Crippen MR) is 86.2 cm³/mol. The molecule has 0 aliphatic carbocycles. The Morgan fingerprint density at radius 2 is 2.09 bits per heavy atom. The number of hydrogen-bond donors (Lipinski definition) is 2. The molecule has 1 aliphatic heterocycles. The second kappa shape index (κ2) is 6.91. The number of aliphatic hydroxyl groups excluding tert-OH is 1. The van der Waals surface area contributed by atoms with E-state index in [2.05, 4.69) is 10.2 Å². The van der Waals surface area contributed by atoms with Crippen LogP contribution in [0.5, 0.6) is 0 Å². The number of nitrogens with zero attached hydrogens (tertiary/aromatic N) is 2. The second-order valence-corrected chi connectivity index (χ2v) is 6.71. The lowest BCUT2D eigenvalue weighted by Gasteiger charge is -2.43. The molecule has 0 spiro atoms. The summed E-state index contributed by atoms with van der Waals surface area (Å²) >= 11 is 5.92. The van der Waals surface area contributed by atoms with Gasteiger partial charge in [0.05, 0.1) is 4.92 Å². The molecule has 2 N–H and O–H groups in total. The van der Waals surface area contributed by atoms with Gasteiger partial charge in [-0.3, -0.25) is 15.0 Å². The van der Waals surface area contributed by atoms with Gasteiger partial charge < -0.3 is 10.4 Å². The van der Waals surface area contributed by atoms with Crippen LogP contribution >= 0.6 is 11.6 Å². The maximum Gasteiger partial charge on any atom is 0.288 e. The SMILES string of the molecule is CC(C)(CO)[C@H](c1ccc(Cl)c([N+](=O)[O-])c1)N1CCNCC1. The molecule has 0 aromatic heterocycles. The molecule has 7 heteroatoms. The number of piperazine rings is 1. The summed E-state index contributed by atoms with van der Waals surface area (Å²) in [7, 11) is 0. The van der Waals surface area contributed by atoms with Gasteiger partial charge in [0.1, 0.15) is 5.02 Å². The molecular formula is C15H22ClN3O3. The summed E-state index contributed by atoms with van der Waals surface area (Å²) in [6.07, 6.45) is 0. The van der Waals surface area contributed by atoms with Crippen molar-refractivity contribution in [1.29, 1.82) is 0 Å². The Hall–Kier alpha value is -1.21. The van der Waals surface area contributed by atoms with Crippen LogP contribution in [-0.2, 0) is 0 Å². The third kappa shape index (κ3) is 3.57. The molecule has 1 aliphatic rings. The van der Waals surface area contributed by atoms with Crippen LogP contribution in [0.25, 0.3) is 0 Å². The number of aliphatic hydroxyl groups is 1. The fourth-order valence-electron chi connectivity index (χ4n) is 3.02. The van der Waals surface area contributed by atoms with E-state index in [1.54, 1.807) is 6.07 Å². The van der Waals surface area contributed by atoms with E-state index in [0.29, 0.717) is 0 Å². The summed E-state index contributed by atoms with van der Waals surface area (Å²) in [5.74, 6) is 0. The number of benzene rings is 1. The zero-order valence-electron chi connectivity index (χ0n) is 12.9. The molecule has 0 saturated carbocycles. The predicted octanol–water partition coefficient (Wildman–Crippen LogP) is 2.21. The molecule has 0 bridgehead atoms. The first kappa shape index (κ1) is 17.1. The van der Waals surface area contributed by atoms with Crippen molar-refractivity contribution < 1.29 is 10.0 Å². The summed E-state index contributed by atoms with van der Waals surface area (Å²) < 4.78 is 0. The molecule has 1 saturated heterocycles. The van der Waals surface area contributed by atoms with Gasteiger partial charge in [-0.2, -0.15) is 0 Å². The molecule has 122 valence electrons. The summed E-state index contributed by atoms with van der Waals surface area (Å²) in [5, 5.41) is 24.4. The van der Waals surface area contributed by atoms with E-state index in [1.165, 1.54) is 6.07 Å². The summed E-state index contributed by atoms with van der Waals surface area (Å²) in [5.41, 5.74) is 0.309. The molecule has 2 rings (SSSR count). The van der Waals surface area contributed by atoms with E-state index < -0.39 is 10.3 Å². The highest BCUT2D eigenvalue weighted by Gasteiger charge is 2.36. The molecule has 1 fully saturated rings. The highest BCUT2D eigenvalue weighted by atomic mass is 35.5. The van der Waals surface area contributed by atoms with Gasteiger partial charge in [0, 0.05) is 50.3 Å². The Bertz CT molecular complexity index is 545. The lowest BCUT2D eigenvalue weighted by molar-refractivity contribution is -0.384. The molecule has 0 unspecified atom stereocenters. The topological polar surface area (TPSA) is 78.6 Å². The van der Waals surface area contributed by atoms with Crippen molar-refractivity contribution in [2.24, 2.45) is 5.41 Å². The molecule has 1 heterocycles. The Kier molecular flexibility index (Phi) is 5.39. The highest BCUT2D eigenvalue weighted by molar-refractivity contribution is 6.32. The molecule has 22 heavy (non-hydrogen) atoms. The first-order chi connectivity index (χ1) is 10.4. The Balaban J connectivity index is 2.44. The quantitative estimate of drug-likeness (QED) is 0.640. The lowest BCUT2D eigenvalue weighted by Crippen LogP contribution is -2.49. The largest absolute Gasteiger partial charge is 0.396 e. The van der Waals surface area contributed by atoms with E-state index in [-0.39, 0.29) is 23.4 Å². The van der Waals surface area contributed by atoms with Gasteiger partial charge >= 0.3 is 0 Å². The molecule has 0 amide bonds. The van der Waals surface area contributed by atoms with Crippen molar-refractivity contribution in [2.75, 3.05) is 32.8 Å². The van der Waals surface area contributed by atoms with Crippen molar-refractivity contribution >= 4 is 17.3 Å². The monoisotopic (exact) mass is 327 g/mol. The van der Waals surface area contributed by atoms with Gasteiger partial charge in [-0.05, 0) is 11.6 Å². The van der Waals surface area contributed by atoms with Crippen LogP contribution < -0.4 is 5.32 Å². The van der Waals surface area contributed by atoms with Crippen molar-refractivity contribution in [3.63, 3.8) is 0 Å². The number of nitro benzene ring substituents is 1. The van der Waals surface area contributed by atoms with E-state index in [1.807, 2.05) is 19.9 Å². The maximum atomic E-state index is 11.1. The van der Waals surface area contributed by atoms with Crippen molar-refractivity contribution in [2.45, 2.75) is 19.9 Å². The minimum Gasteiger partial charge on any atom is -0.396 e. The van der Waals surface area contributed by atoms with Gasteiger partial charge in [-0.15, -0.1) is 0 Å². The van der Waals surface area contributed by atoms with Gasteiger partial charge in [0.2, 0.25) is 0 Å². The van der Waals surface area contributed by atoms with E-state index in [0.717, 1.165) is 31.7 Å². The van der Waals surface area contributed by atoms with E-state index >= 15 is 0 Å². The highest BCUT2D eigenvalue weighted by Crippen LogP contribution is 2.40. The molecule has 1 aromatic carbocycles. The first-order valence-electron chi connectivity index (χ1n) is 7.36. The number of nitrogens with one attached hydrogen (secondary N) is 1. The standard InChI is InChI=1S/C15H22ClN3O3/c1-15(2,10-20)14(18-7-5-17-6-8-18)11-3-4-12(16)13(9-11)19(21)22/h3-4,9,14,17,20H,5-8,10H2,1-2H3/t14-/m0/s1. The maximum absolute atomic E-state index is 11.1. The fourth-order valence-corrected chi connectivity index (χ4v) is 3.21. The minimum absolute atomic E-state index is 0.00196. The van der Waals surface area contributed by atoms with Crippen LogP contribution in [0.15, 0.2) is 18.2 Å². The summed E-state index contributed by atoms with van der Waals surface area (Å²) in [4.78, 5) is 12.9. The molecule has 1 aromatic rings. The van der Waals surface area contributed by atoms with E-state index in [9.17, 15) is 15.2 Å². The average molecular weight is 328 g/mol. The first-order valence-corrected chi connectivity index (χ1v) is 7.74. The molecule has 0 radical (unpaired) electrons. The van der Waals surface area contributed by atoms with Crippen LogP contribution in [0, 0.1) is 15.5 Å². The van der Waals surface area contributed by atoms with Crippen LogP contribution in [0.3, 0.4) is 0 Å². The third-order valence-electron chi connectivity index (χ3n) is 4.15. The van der Waals surface area contributed by atoms with Crippen molar-refractivity contribution in [1.82, 2.24) is 10.2 Å². The Labute approximate surface area is 135 Å². The van der Waals surface area contributed by atoms with Crippen molar-refractivity contribution in [3.05, 3.63) is 38.9 Å². The molecular weight excluding hydrogens is 306 g/mol. The summed E-state index contributed by atoms with van der Waals surface area (Å²) in [6.45, 7) is 7.36. The third-order valence-corrected chi connectivity index (χ3v) is 4.47. The second-order valence-electron chi connectivity index (χ2n) is 6.30. The number of halogens is 1. The number of hydrogen-bond acceptors (Lipinski definition) is 5. The molecule has 6 nitrogen and oxygen atoms in total. The van der Waals surface area contributed by atoms with Crippen LogP contribution in [0.2, 0.25) is 5.02 Å². The molecule has 1 atom stereocenters. The van der Waals surface area contributed by atoms with Crippen LogP contribution in [0.1, 0.15) is 25.5 Å². The fraction of sp³-hybridized carbons (Fsp3) is 0.600. The normalized spacial score (nSPS) is 18.2.